The number of nitrogens with one attached hydrogen (secondary N) is 2. The summed E-state index contributed by atoms with van der Waals surface area (Å²) in [7, 11) is 0. The van der Waals surface area contributed by atoms with Gasteiger partial charge in [-0.2, -0.15) is 4.98 Å². The van der Waals surface area contributed by atoms with Crippen LogP contribution in [0.1, 0.15) is 56.9 Å². The van der Waals surface area contributed by atoms with E-state index in [1.54, 1.807) is 0 Å². The predicted molar refractivity (Wildman–Crippen MR) is 103 cm³/mol. The van der Waals surface area contributed by atoms with E-state index in [4.69, 9.17) is 15.9 Å². The fraction of sp³-hybridized carbons (Fsp3) is 0.722. The molecule has 1 atom stereocenters. The average molecular weight is 364 g/mol. The first-order chi connectivity index (χ1) is 12.5. The van der Waals surface area contributed by atoms with Crippen LogP contribution in [-0.2, 0) is 6.42 Å². The number of aromatic nitrogens is 1. The number of nitrogen functional groups attached to an aromatic ring is 1. The summed E-state index contributed by atoms with van der Waals surface area (Å²) in [5, 5.41) is 5.46. The molecule has 1 aliphatic carbocycles. The van der Waals surface area contributed by atoms with Crippen LogP contribution in [0.25, 0.3) is 0 Å². The highest BCUT2D eigenvalue weighted by Crippen LogP contribution is 2.29. The van der Waals surface area contributed by atoms with Crippen LogP contribution in [0.3, 0.4) is 0 Å². The largest absolute Gasteiger partial charge is 0.429 e. The molecule has 8 heteroatoms. The SMILES string of the molecule is Cc1nc(N)oc1CCCN=C(N)NC(=O)NCC(C)C1CCCCC1. The molecule has 26 heavy (non-hydrogen) atoms. The molecule has 1 saturated carbocycles. The minimum atomic E-state index is -0.298. The first-order valence-corrected chi connectivity index (χ1v) is 9.52. The lowest BCUT2D eigenvalue weighted by Gasteiger charge is -2.27. The maximum Gasteiger partial charge on any atom is 0.321 e. The van der Waals surface area contributed by atoms with Crippen LogP contribution in [0.4, 0.5) is 10.8 Å². The van der Waals surface area contributed by atoms with Gasteiger partial charge in [-0.05, 0) is 25.2 Å². The number of oxazole rings is 1. The third-order valence-corrected chi connectivity index (χ3v) is 5.03. The summed E-state index contributed by atoms with van der Waals surface area (Å²) in [5.41, 5.74) is 12.1. The number of hydrogen-bond donors (Lipinski definition) is 4. The number of nitrogens with two attached hydrogens (primary N) is 2. The Balaban J connectivity index is 1.62. The number of nitrogens with zero attached hydrogens (tertiary/aromatic N) is 2. The second-order valence-corrected chi connectivity index (χ2v) is 7.14. The molecule has 146 valence electrons. The third-order valence-electron chi connectivity index (χ3n) is 5.03. The molecule has 1 aromatic heterocycles. The first-order valence-electron chi connectivity index (χ1n) is 9.52. The molecule has 0 spiro atoms. The fourth-order valence-electron chi connectivity index (χ4n) is 3.45. The Morgan fingerprint density at radius 2 is 2.12 bits per heavy atom. The van der Waals surface area contributed by atoms with Gasteiger partial charge in [0.25, 0.3) is 6.01 Å². The molecule has 1 heterocycles. The van der Waals surface area contributed by atoms with Crippen molar-refractivity contribution in [2.75, 3.05) is 18.8 Å². The van der Waals surface area contributed by atoms with E-state index >= 15 is 0 Å². The molecular formula is C18H32N6O2. The maximum atomic E-state index is 11.9. The molecule has 2 rings (SSSR count). The molecule has 0 bridgehead atoms. The molecule has 1 aromatic rings. The Hall–Kier alpha value is -2.25. The third kappa shape index (κ3) is 6.57. The monoisotopic (exact) mass is 364 g/mol. The Labute approximate surface area is 155 Å². The normalized spacial score (nSPS) is 17.1. The van der Waals surface area contributed by atoms with Crippen molar-refractivity contribution >= 4 is 18.0 Å². The number of carbonyl (C=O) groups excluding carboxylic acids is 1. The van der Waals surface area contributed by atoms with Crippen molar-refractivity contribution in [2.24, 2.45) is 22.6 Å². The van der Waals surface area contributed by atoms with Crippen molar-refractivity contribution in [1.29, 1.82) is 0 Å². The van der Waals surface area contributed by atoms with Crippen LogP contribution in [0.15, 0.2) is 9.41 Å². The van der Waals surface area contributed by atoms with Gasteiger partial charge in [-0.1, -0.05) is 39.0 Å². The molecule has 1 unspecified atom stereocenters. The van der Waals surface area contributed by atoms with E-state index < -0.39 is 0 Å². The van der Waals surface area contributed by atoms with Crippen molar-refractivity contribution in [3.05, 3.63) is 11.5 Å². The zero-order valence-electron chi connectivity index (χ0n) is 15.9. The van der Waals surface area contributed by atoms with Crippen LogP contribution in [0.2, 0.25) is 0 Å². The predicted octanol–water partition coefficient (Wildman–Crippen LogP) is 2.33. The highest BCUT2D eigenvalue weighted by Gasteiger charge is 2.20. The molecule has 0 aromatic carbocycles. The minimum absolute atomic E-state index is 0.127. The van der Waals surface area contributed by atoms with E-state index in [-0.39, 0.29) is 18.0 Å². The lowest BCUT2D eigenvalue weighted by atomic mass is 9.81. The molecule has 0 aliphatic heterocycles. The molecular weight excluding hydrogens is 332 g/mol. The summed E-state index contributed by atoms with van der Waals surface area (Å²) in [4.78, 5) is 20.1. The number of aryl methyl sites for hydroxylation is 2. The lowest BCUT2D eigenvalue weighted by Crippen LogP contribution is -2.45. The Morgan fingerprint density at radius 3 is 2.77 bits per heavy atom. The van der Waals surface area contributed by atoms with Gasteiger partial charge in [0.15, 0.2) is 5.96 Å². The summed E-state index contributed by atoms with van der Waals surface area (Å²) in [6.45, 7) is 5.21. The Bertz CT molecular complexity index is 607. The number of carbonyl (C=O) groups is 1. The molecule has 2 amide bonds. The molecule has 8 nitrogen and oxygen atoms in total. The van der Waals surface area contributed by atoms with Crippen molar-refractivity contribution in [3.8, 4) is 0 Å². The van der Waals surface area contributed by atoms with Gasteiger partial charge >= 0.3 is 6.03 Å². The van der Waals surface area contributed by atoms with E-state index in [1.165, 1.54) is 32.1 Å². The fourth-order valence-corrected chi connectivity index (χ4v) is 3.45. The van der Waals surface area contributed by atoms with Gasteiger partial charge in [0, 0.05) is 19.5 Å². The van der Waals surface area contributed by atoms with E-state index in [1.807, 2.05) is 6.92 Å². The Morgan fingerprint density at radius 1 is 1.38 bits per heavy atom. The van der Waals surface area contributed by atoms with Gasteiger partial charge in [-0.3, -0.25) is 10.3 Å². The van der Waals surface area contributed by atoms with Crippen molar-refractivity contribution in [1.82, 2.24) is 15.6 Å². The van der Waals surface area contributed by atoms with Crippen molar-refractivity contribution < 1.29 is 9.21 Å². The van der Waals surface area contributed by atoms with Crippen molar-refractivity contribution in [3.63, 3.8) is 0 Å². The average Bonchev–Trinajstić information content (AvgIpc) is 2.94. The number of hydrogen-bond acceptors (Lipinski definition) is 5. The van der Waals surface area contributed by atoms with Crippen LogP contribution >= 0.6 is 0 Å². The zero-order valence-corrected chi connectivity index (χ0v) is 15.9. The summed E-state index contributed by atoms with van der Waals surface area (Å²) in [6.07, 6.45) is 7.90. The van der Waals surface area contributed by atoms with Crippen LogP contribution in [0, 0.1) is 18.8 Å². The number of guanidine groups is 1. The van der Waals surface area contributed by atoms with Crippen LogP contribution in [0.5, 0.6) is 0 Å². The van der Waals surface area contributed by atoms with E-state index in [0.29, 0.717) is 31.3 Å². The standard InChI is InChI=1S/C18H32N6O2/c1-12(14-7-4-3-5-8-14)11-22-18(25)24-16(19)21-10-6-9-15-13(2)23-17(20)26-15/h12,14H,3-11H2,1-2H3,(H2,20,23)(H4,19,21,22,24,25). The number of rotatable bonds is 7. The van der Waals surface area contributed by atoms with E-state index in [2.05, 4.69) is 27.5 Å². The molecule has 1 aliphatic rings. The number of urea groups is 1. The summed E-state index contributed by atoms with van der Waals surface area (Å²) in [6, 6.07) is -0.117. The minimum Gasteiger partial charge on any atom is -0.429 e. The van der Waals surface area contributed by atoms with E-state index in [9.17, 15) is 4.79 Å². The van der Waals surface area contributed by atoms with Gasteiger partial charge in [0.05, 0.1) is 5.69 Å². The molecule has 0 radical (unpaired) electrons. The van der Waals surface area contributed by atoms with E-state index in [0.717, 1.165) is 17.9 Å². The summed E-state index contributed by atoms with van der Waals surface area (Å²) >= 11 is 0. The van der Waals surface area contributed by atoms with Gasteiger partial charge < -0.3 is 21.2 Å². The number of aliphatic imine (C=N–C) groups is 1. The molecule has 1 fully saturated rings. The lowest BCUT2D eigenvalue weighted by molar-refractivity contribution is 0.231. The molecule has 6 N–H and O–H groups in total. The zero-order chi connectivity index (χ0) is 18.9. The quantitative estimate of drug-likeness (QED) is 0.335. The van der Waals surface area contributed by atoms with Gasteiger partial charge in [0.2, 0.25) is 0 Å². The first kappa shape index (κ1) is 20.1. The summed E-state index contributed by atoms with van der Waals surface area (Å²) in [5.74, 6) is 2.08. The second kappa shape index (κ2) is 10.0. The van der Waals surface area contributed by atoms with Crippen molar-refractivity contribution in [2.45, 2.75) is 58.8 Å². The summed E-state index contributed by atoms with van der Waals surface area (Å²) < 4.78 is 5.30. The van der Waals surface area contributed by atoms with Crippen LogP contribution < -0.4 is 22.1 Å². The van der Waals surface area contributed by atoms with Gasteiger partial charge in [-0.15, -0.1) is 0 Å². The van der Waals surface area contributed by atoms with Gasteiger partial charge in [0.1, 0.15) is 5.76 Å². The number of amides is 2. The van der Waals surface area contributed by atoms with Gasteiger partial charge in [-0.25, -0.2) is 4.79 Å². The highest BCUT2D eigenvalue weighted by molar-refractivity contribution is 5.95. The molecule has 0 saturated heterocycles. The Kier molecular flexibility index (Phi) is 7.74. The topological polar surface area (TPSA) is 132 Å². The van der Waals surface area contributed by atoms with Crippen LogP contribution in [-0.4, -0.2) is 30.1 Å². The highest BCUT2D eigenvalue weighted by atomic mass is 16.4. The number of anilines is 1. The maximum absolute atomic E-state index is 11.9. The smallest absolute Gasteiger partial charge is 0.321 e. The second-order valence-electron chi connectivity index (χ2n) is 7.14.